The number of amides is 1. The summed E-state index contributed by atoms with van der Waals surface area (Å²) in [4.78, 5) is 25.2. The van der Waals surface area contributed by atoms with E-state index in [1.54, 1.807) is 0 Å². The highest BCUT2D eigenvalue weighted by molar-refractivity contribution is 6.55. The molecule has 1 heterocycles. The summed E-state index contributed by atoms with van der Waals surface area (Å²) >= 11 is 5.92. The number of carbonyl (C=O) groups is 2. The summed E-state index contributed by atoms with van der Waals surface area (Å²) in [6.45, 7) is 0.412. The molecule has 0 N–H and O–H groups in total. The Morgan fingerprint density at radius 1 is 1.26 bits per heavy atom. The van der Waals surface area contributed by atoms with Crippen LogP contribution in [0.3, 0.4) is 0 Å². The number of halogens is 2. The predicted octanol–water partition coefficient (Wildman–Crippen LogP) is 3.20. The van der Waals surface area contributed by atoms with Crippen molar-refractivity contribution in [2.24, 2.45) is 5.92 Å². The lowest BCUT2D eigenvalue weighted by Gasteiger charge is -2.21. The molecular formula is C14H13ClFNO2. The Morgan fingerprint density at radius 2 is 1.95 bits per heavy atom. The van der Waals surface area contributed by atoms with E-state index in [1.165, 1.54) is 17.0 Å². The molecule has 0 unspecified atom stereocenters. The fourth-order valence-corrected chi connectivity index (χ4v) is 3.22. The molecule has 0 bridgehead atoms. The van der Waals surface area contributed by atoms with Gasteiger partial charge in [0.1, 0.15) is 5.82 Å². The van der Waals surface area contributed by atoms with E-state index in [-0.39, 0.29) is 16.3 Å². The van der Waals surface area contributed by atoms with Crippen LogP contribution in [0.25, 0.3) is 0 Å². The van der Waals surface area contributed by atoms with E-state index in [0.29, 0.717) is 12.5 Å². The van der Waals surface area contributed by atoms with Crippen molar-refractivity contribution in [1.29, 1.82) is 0 Å². The summed E-state index contributed by atoms with van der Waals surface area (Å²) in [5.74, 6) is -1.57. The Kier molecular flexibility index (Phi) is 3.05. The molecule has 100 valence electrons. The quantitative estimate of drug-likeness (QED) is 0.781. The monoisotopic (exact) mass is 281 g/mol. The third-order valence-electron chi connectivity index (χ3n) is 3.93. The zero-order valence-corrected chi connectivity index (χ0v) is 11.0. The van der Waals surface area contributed by atoms with Gasteiger partial charge in [0, 0.05) is 6.54 Å². The van der Waals surface area contributed by atoms with E-state index < -0.39 is 17.5 Å². The molecule has 3 nitrogen and oxygen atoms in total. The van der Waals surface area contributed by atoms with Crippen molar-refractivity contribution in [1.82, 2.24) is 0 Å². The topological polar surface area (TPSA) is 37.4 Å². The molecule has 3 rings (SSSR count). The molecule has 1 amide bonds. The number of anilines is 1. The maximum Gasteiger partial charge on any atom is 0.299 e. The first-order chi connectivity index (χ1) is 9.09. The van der Waals surface area contributed by atoms with Gasteiger partial charge in [0.15, 0.2) is 0 Å². The van der Waals surface area contributed by atoms with E-state index in [2.05, 4.69) is 0 Å². The highest BCUT2D eigenvalue weighted by Gasteiger charge is 2.40. The van der Waals surface area contributed by atoms with Crippen molar-refractivity contribution >= 4 is 29.0 Å². The Labute approximate surface area is 115 Å². The van der Waals surface area contributed by atoms with Gasteiger partial charge in [-0.05, 0) is 30.9 Å². The lowest BCUT2D eigenvalue weighted by atomic mass is 10.1. The molecule has 1 aliphatic carbocycles. The van der Waals surface area contributed by atoms with Crippen molar-refractivity contribution in [2.45, 2.75) is 25.7 Å². The van der Waals surface area contributed by atoms with Crippen LogP contribution in [-0.2, 0) is 4.79 Å². The fraction of sp³-hybridized carbons (Fsp3) is 0.429. The predicted molar refractivity (Wildman–Crippen MR) is 70.1 cm³/mol. The molecular weight excluding hydrogens is 269 g/mol. The van der Waals surface area contributed by atoms with Gasteiger partial charge < -0.3 is 4.90 Å². The van der Waals surface area contributed by atoms with Crippen molar-refractivity contribution in [3.05, 3.63) is 28.5 Å². The summed E-state index contributed by atoms with van der Waals surface area (Å²) in [5.41, 5.74) is 0.0825. The molecule has 0 aromatic heterocycles. The number of ketones is 1. The summed E-state index contributed by atoms with van der Waals surface area (Å²) < 4.78 is 13.9. The smallest absolute Gasteiger partial charge is 0.299 e. The van der Waals surface area contributed by atoms with E-state index in [0.717, 1.165) is 25.7 Å². The van der Waals surface area contributed by atoms with Gasteiger partial charge in [-0.2, -0.15) is 0 Å². The summed E-state index contributed by atoms with van der Waals surface area (Å²) in [7, 11) is 0. The minimum atomic E-state index is -0.697. The molecule has 0 radical (unpaired) electrons. The van der Waals surface area contributed by atoms with Crippen molar-refractivity contribution < 1.29 is 14.0 Å². The third kappa shape index (κ3) is 1.94. The molecule has 0 saturated heterocycles. The third-order valence-corrected chi connectivity index (χ3v) is 4.24. The van der Waals surface area contributed by atoms with Crippen LogP contribution >= 0.6 is 11.6 Å². The zero-order chi connectivity index (χ0) is 13.6. The summed E-state index contributed by atoms with van der Waals surface area (Å²) in [6.07, 6.45) is 4.31. The summed E-state index contributed by atoms with van der Waals surface area (Å²) in [5, 5.41) is 0.142. The van der Waals surface area contributed by atoms with Gasteiger partial charge in [-0.25, -0.2) is 4.39 Å². The number of fused-ring (bicyclic) bond motifs is 1. The second kappa shape index (κ2) is 4.60. The summed E-state index contributed by atoms with van der Waals surface area (Å²) in [6, 6.07) is 2.52. The fourth-order valence-electron chi connectivity index (χ4n) is 2.98. The molecule has 0 atom stereocenters. The van der Waals surface area contributed by atoms with E-state index in [1.807, 2.05) is 0 Å². The average molecular weight is 282 g/mol. The molecule has 1 aliphatic heterocycles. The molecule has 1 aromatic rings. The van der Waals surface area contributed by atoms with Crippen LogP contribution in [0.15, 0.2) is 12.1 Å². The van der Waals surface area contributed by atoms with Gasteiger partial charge in [-0.15, -0.1) is 0 Å². The standard InChI is InChI=1S/C14H13ClFNO2/c15-9-5-6-10(16)12-11(9)13(18)14(19)17(12)7-8-3-1-2-4-8/h5-6,8H,1-4,7H2. The number of benzene rings is 1. The Morgan fingerprint density at radius 3 is 2.63 bits per heavy atom. The maximum absolute atomic E-state index is 13.9. The van der Waals surface area contributed by atoms with Crippen LogP contribution in [0.5, 0.6) is 0 Å². The van der Waals surface area contributed by atoms with Gasteiger partial charge in [0.25, 0.3) is 11.7 Å². The van der Waals surface area contributed by atoms with Crippen LogP contribution in [0.2, 0.25) is 5.02 Å². The van der Waals surface area contributed by atoms with Crippen molar-refractivity contribution in [2.75, 3.05) is 11.4 Å². The minimum absolute atomic E-state index is 0.0182. The Bertz CT molecular complexity index is 567. The van der Waals surface area contributed by atoms with Crippen LogP contribution in [0.1, 0.15) is 36.0 Å². The Balaban J connectivity index is 2.01. The molecule has 2 aliphatic rings. The minimum Gasteiger partial charge on any atom is -0.302 e. The number of carbonyl (C=O) groups excluding carboxylic acids is 2. The highest BCUT2D eigenvalue weighted by Crippen LogP contribution is 2.38. The number of rotatable bonds is 2. The molecule has 19 heavy (non-hydrogen) atoms. The largest absolute Gasteiger partial charge is 0.302 e. The van der Waals surface area contributed by atoms with Gasteiger partial charge in [0.2, 0.25) is 0 Å². The molecule has 1 aromatic carbocycles. The first kappa shape index (κ1) is 12.6. The number of hydrogen-bond acceptors (Lipinski definition) is 2. The first-order valence-electron chi connectivity index (χ1n) is 6.44. The van der Waals surface area contributed by atoms with Gasteiger partial charge >= 0.3 is 0 Å². The van der Waals surface area contributed by atoms with Crippen LogP contribution in [0, 0.1) is 11.7 Å². The van der Waals surface area contributed by atoms with E-state index in [4.69, 9.17) is 11.6 Å². The van der Waals surface area contributed by atoms with E-state index >= 15 is 0 Å². The molecule has 0 spiro atoms. The number of Topliss-reactive ketones (excluding diaryl/α,β-unsaturated/α-hetero) is 1. The molecule has 5 heteroatoms. The van der Waals surface area contributed by atoms with Crippen LogP contribution in [-0.4, -0.2) is 18.2 Å². The normalized spacial score (nSPS) is 19.4. The second-order valence-electron chi connectivity index (χ2n) is 5.15. The highest BCUT2D eigenvalue weighted by atomic mass is 35.5. The van der Waals surface area contributed by atoms with Crippen molar-refractivity contribution in [3.63, 3.8) is 0 Å². The number of nitrogens with zero attached hydrogens (tertiary/aromatic N) is 1. The Hall–Kier alpha value is -1.42. The van der Waals surface area contributed by atoms with Gasteiger partial charge in [-0.3, -0.25) is 9.59 Å². The SMILES string of the molecule is O=C1C(=O)N(CC2CCCC2)c2c(F)ccc(Cl)c21. The van der Waals surface area contributed by atoms with Crippen LogP contribution in [0.4, 0.5) is 10.1 Å². The van der Waals surface area contributed by atoms with Crippen LogP contribution < -0.4 is 4.90 Å². The van der Waals surface area contributed by atoms with Gasteiger partial charge in [-0.1, -0.05) is 24.4 Å². The first-order valence-corrected chi connectivity index (χ1v) is 6.81. The number of hydrogen-bond donors (Lipinski definition) is 0. The lowest BCUT2D eigenvalue weighted by molar-refractivity contribution is -0.114. The second-order valence-corrected chi connectivity index (χ2v) is 5.56. The molecule has 1 fully saturated rings. The zero-order valence-electron chi connectivity index (χ0n) is 10.3. The van der Waals surface area contributed by atoms with E-state index in [9.17, 15) is 14.0 Å². The lowest BCUT2D eigenvalue weighted by Crippen LogP contribution is -2.34. The maximum atomic E-state index is 13.9. The average Bonchev–Trinajstić information content (AvgIpc) is 2.97. The van der Waals surface area contributed by atoms with Gasteiger partial charge in [0.05, 0.1) is 16.3 Å². The molecule has 1 saturated carbocycles. The van der Waals surface area contributed by atoms with Crippen molar-refractivity contribution in [3.8, 4) is 0 Å².